The van der Waals surface area contributed by atoms with Crippen molar-refractivity contribution in [1.29, 1.82) is 0 Å². The van der Waals surface area contributed by atoms with Gasteiger partial charge in [-0.15, -0.1) is 0 Å². The minimum absolute atomic E-state index is 0.0760. The molecule has 1 aromatic carbocycles. The Morgan fingerprint density at radius 3 is 2.58 bits per heavy atom. The third kappa shape index (κ3) is 2.20. The van der Waals surface area contributed by atoms with E-state index in [-0.39, 0.29) is 11.8 Å². The number of carbonyl (C=O) groups is 3. The highest BCUT2D eigenvalue weighted by molar-refractivity contribution is 6.08. The number of benzene rings is 1. The Morgan fingerprint density at radius 2 is 1.96 bits per heavy atom. The number of fused-ring (bicyclic) bond motifs is 2. The average molecular weight is 327 g/mol. The van der Waals surface area contributed by atoms with Crippen molar-refractivity contribution in [2.24, 2.45) is 17.8 Å². The van der Waals surface area contributed by atoms with E-state index in [1.807, 2.05) is 18.2 Å². The van der Waals surface area contributed by atoms with Gasteiger partial charge in [0.25, 0.3) is 5.91 Å². The summed E-state index contributed by atoms with van der Waals surface area (Å²) in [5, 5.41) is 3.55. The van der Waals surface area contributed by atoms with E-state index < -0.39 is 17.5 Å². The number of nitrogens with one attached hydrogen (secondary N) is 2. The summed E-state index contributed by atoms with van der Waals surface area (Å²) in [5.74, 6) is 0.297. The molecule has 4 amide bonds. The standard InChI is InChI=1S/C18H21N3O3/c1-18(13-5-3-2-4-6-13)16(23)21(17(24)19-18)20-15(22)14-10-11-7-8-12(14)9-11/h2-6,11-12,14H,7-10H2,1H3,(H,19,24)(H,20,22). The molecule has 2 bridgehead atoms. The van der Waals surface area contributed by atoms with Gasteiger partial charge in [0.05, 0.1) is 0 Å². The highest BCUT2D eigenvalue weighted by atomic mass is 16.2. The van der Waals surface area contributed by atoms with Crippen LogP contribution in [0, 0.1) is 17.8 Å². The highest BCUT2D eigenvalue weighted by Crippen LogP contribution is 2.48. The molecule has 0 radical (unpaired) electrons. The number of amides is 4. The molecule has 4 atom stereocenters. The first-order valence-corrected chi connectivity index (χ1v) is 8.52. The zero-order chi connectivity index (χ0) is 16.9. The Labute approximate surface area is 140 Å². The monoisotopic (exact) mass is 327 g/mol. The number of hydrogen-bond donors (Lipinski definition) is 2. The second-order valence-electron chi connectivity index (χ2n) is 7.32. The Kier molecular flexibility index (Phi) is 3.37. The van der Waals surface area contributed by atoms with Crippen LogP contribution in [-0.4, -0.2) is 22.9 Å². The van der Waals surface area contributed by atoms with Gasteiger partial charge in [0.15, 0.2) is 0 Å². The molecular formula is C18H21N3O3. The first-order chi connectivity index (χ1) is 11.5. The van der Waals surface area contributed by atoms with Crippen molar-refractivity contribution < 1.29 is 14.4 Å². The number of nitrogens with zero attached hydrogens (tertiary/aromatic N) is 1. The van der Waals surface area contributed by atoms with E-state index in [0.717, 1.165) is 24.3 Å². The first kappa shape index (κ1) is 15.2. The van der Waals surface area contributed by atoms with Crippen LogP contribution in [0.5, 0.6) is 0 Å². The van der Waals surface area contributed by atoms with Gasteiger partial charge in [-0.25, -0.2) is 4.79 Å². The molecule has 4 rings (SSSR count). The average Bonchev–Trinajstić information content (AvgIpc) is 3.27. The number of hydrogen-bond acceptors (Lipinski definition) is 3. The zero-order valence-corrected chi connectivity index (χ0v) is 13.6. The lowest BCUT2D eigenvalue weighted by Gasteiger charge is -2.24. The highest BCUT2D eigenvalue weighted by Gasteiger charge is 2.51. The van der Waals surface area contributed by atoms with Gasteiger partial charge in [0.1, 0.15) is 5.54 Å². The molecule has 3 aliphatic rings. The van der Waals surface area contributed by atoms with Crippen LogP contribution in [-0.2, 0) is 15.1 Å². The Hall–Kier alpha value is -2.37. The topological polar surface area (TPSA) is 78.5 Å². The van der Waals surface area contributed by atoms with Crippen LogP contribution in [0.2, 0.25) is 0 Å². The number of urea groups is 1. The summed E-state index contributed by atoms with van der Waals surface area (Å²) in [6.07, 6.45) is 4.24. The molecule has 1 heterocycles. The van der Waals surface area contributed by atoms with E-state index in [2.05, 4.69) is 10.7 Å². The summed E-state index contributed by atoms with van der Waals surface area (Å²) >= 11 is 0. The number of hydrazine groups is 1. The van der Waals surface area contributed by atoms with Gasteiger partial charge >= 0.3 is 6.03 Å². The van der Waals surface area contributed by atoms with Crippen LogP contribution in [0.25, 0.3) is 0 Å². The summed E-state index contributed by atoms with van der Waals surface area (Å²) in [4.78, 5) is 37.6. The Balaban J connectivity index is 1.51. The fourth-order valence-electron chi connectivity index (χ4n) is 4.47. The molecular weight excluding hydrogens is 306 g/mol. The predicted octanol–water partition coefficient (Wildman–Crippen LogP) is 1.92. The molecule has 126 valence electrons. The number of carbonyl (C=O) groups excluding carboxylic acids is 3. The molecule has 2 aliphatic carbocycles. The van der Waals surface area contributed by atoms with Crippen LogP contribution >= 0.6 is 0 Å². The zero-order valence-electron chi connectivity index (χ0n) is 13.6. The maximum Gasteiger partial charge on any atom is 0.344 e. The minimum Gasteiger partial charge on any atom is -0.318 e. The summed E-state index contributed by atoms with van der Waals surface area (Å²) < 4.78 is 0. The third-order valence-corrected chi connectivity index (χ3v) is 5.84. The van der Waals surface area contributed by atoms with E-state index in [4.69, 9.17) is 0 Å². The van der Waals surface area contributed by atoms with Crippen molar-refractivity contribution >= 4 is 17.8 Å². The summed E-state index contributed by atoms with van der Waals surface area (Å²) in [5.41, 5.74) is 2.10. The summed E-state index contributed by atoms with van der Waals surface area (Å²) in [7, 11) is 0. The van der Waals surface area contributed by atoms with Crippen molar-refractivity contribution in [2.75, 3.05) is 0 Å². The lowest BCUT2D eigenvalue weighted by atomic mass is 9.88. The molecule has 0 spiro atoms. The van der Waals surface area contributed by atoms with Crippen LogP contribution in [0.1, 0.15) is 38.2 Å². The van der Waals surface area contributed by atoms with Crippen molar-refractivity contribution in [3.63, 3.8) is 0 Å². The van der Waals surface area contributed by atoms with Gasteiger partial charge in [-0.05, 0) is 43.6 Å². The van der Waals surface area contributed by atoms with Gasteiger partial charge < -0.3 is 5.32 Å². The Bertz CT molecular complexity index is 705. The summed E-state index contributed by atoms with van der Waals surface area (Å²) in [6.45, 7) is 1.66. The van der Waals surface area contributed by atoms with Crippen LogP contribution in [0.3, 0.4) is 0 Å². The SMILES string of the molecule is CC1(c2ccccc2)NC(=O)N(NC(=O)C2CC3CCC2C3)C1=O. The van der Waals surface area contributed by atoms with Crippen LogP contribution in [0.15, 0.2) is 30.3 Å². The summed E-state index contributed by atoms with van der Waals surface area (Å²) in [6, 6.07) is 8.48. The lowest BCUT2D eigenvalue weighted by molar-refractivity contribution is -0.141. The van der Waals surface area contributed by atoms with Crippen molar-refractivity contribution in [3.8, 4) is 0 Å². The Morgan fingerprint density at radius 1 is 1.21 bits per heavy atom. The smallest absolute Gasteiger partial charge is 0.318 e. The van der Waals surface area contributed by atoms with E-state index in [1.165, 1.54) is 6.42 Å². The maximum absolute atomic E-state index is 12.8. The van der Waals surface area contributed by atoms with Crippen molar-refractivity contribution in [3.05, 3.63) is 35.9 Å². The molecule has 4 unspecified atom stereocenters. The molecule has 1 aliphatic heterocycles. The van der Waals surface area contributed by atoms with E-state index >= 15 is 0 Å². The molecule has 3 fully saturated rings. The van der Waals surface area contributed by atoms with Crippen LogP contribution < -0.4 is 10.7 Å². The van der Waals surface area contributed by atoms with Gasteiger partial charge in [-0.2, -0.15) is 5.01 Å². The molecule has 6 heteroatoms. The maximum atomic E-state index is 12.8. The van der Waals surface area contributed by atoms with Gasteiger partial charge in [0.2, 0.25) is 5.91 Å². The van der Waals surface area contributed by atoms with Crippen molar-refractivity contribution in [1.82, 2.24) is 15.8 Å². The molecule has 24 heavy (non-hydrogen) atoms. The molecule has 2 saturated carbocycles. The first-order valence-electron chi connectivity index (χ1n) is 8.52. The number of rotatable bonds is 3. The van der Waals surface area contributed by atoms with Crippen LogP contribution in [0.4, 0.5) is 4.79 Å². The van der Waals surface area contributed by atoms with E-state index in [1.54, 1.807) is 19.1 Å². The van der Waals surface area contributed by atoms with E-state index in [9.17, 15) is 14.4 Å². The molecule has 1 aromatic rings. The normalized spacial score (nSPS) is 34.5. The second-order valence-corrected chi connectivity index (χ2v) is 7.32. The largest absolute Gasteiger partial charge is 0.344 e. The van der Waals surface area contributed by atoms with Gasteiger partial charge in [-0.1, -0.05) is 36.8 Å². The molecule has 1 saturated heterocycles. The second kappa shape index (κ2) is 5.33. The predicted molar refractivity (Wildman–Crippen MR) is 86.3 cm³/mol. The van der Waals surface area contributed by atoms with Gasteiger partial charge in [-0.3, -0.25) is 15.0 Å². The third-order valence-electron chi connectivity index (χ3n) is 5.84. The fraction of sp³-hybridized carbons (Fsp3) is 0.500. The fourth-order valence-corrected chi connectivity index (χ4v) is 4.47. The molecule has 6 nitrogen and oxygen atoms in total. The lowest BCUT2D eigenvalue weighted by Crippen LogP contribution is -2.50. The quantitative estimate of drug-likeness (QED) is 0.833. The van der Waals surface area contributed by atoms with E-state index in [0.29, 0.717) is 17.4 Å². The minimum atomic E-state index is -1.15. The molecule has 0 aromatic heterocycles. The molecule has 2 N–H and O–H groups in total. The van der Waals surface area contributed by atoms with Gasteiger partial charge in [0, 0.05) is 5.92 Å². The van der Waals surface area contributed by atoms with Crippen molar-refractivity contribution in [2.45, 2.75) is 38.1 Å². The number of imide groups is 1.